The molecular formula is C19H14N4O7. The summed E-state index contributed by atoms with van der Waals surface area (Å²) >= 11 is 0. The average Bonchev–Trinajstić information content (AvgIpc) is 2.70. The van der Waals surface area contributed by atoms with Crippen molar-refractivity contribution in [2.24, 2.45) is 5.73 Å². The Morgan fingerprint density at radius 2 is 1.73 bits per heavy atom. The normalized spacial score (nSPS) is 15.1. The van der Waals surface area contributed by atoms with Crippen molar-refractivity contribution in [2.45, 2.75) is 0 Å². The Labute approximate surface area is 168 Å². The molecule has 1 fully saturated rings. The lowest BCUT2D eigenvalue weighted by molar-refractivity contribution is -0.384. The fraction of sp³-hybridized carbons (Fsp3) is 0.0526. The van der Waals surface area contributed by atoms with Crippen molar-refractivity contribution in [2.75, 3.05) is 11.5 Å². The molecule has 3 N–H and O–H groups in total. The van der Waals surface area contributed by atoms with E-state index in [0.29, 0.717) is 16.2 Å². The van der Waals surface area contributed by atoms with Crippen molar-refractivity contribution >= 4 is 41.2 Å². The van der Waals surface area contributed by atoms with E-state index in [4.69, 9.17) is 10.5 Å². The second-order valence-electron chi connectivity index (χ2n) is 6.06. The van der Waals surface area contributed by atoms with Crippen LogP contribution < -0.4 is 20.7 Å². The molecule has 5 amide bonds. The van der Waals surface area contributed by atoms with Gasteiger partial charge >= 0.3 is 6.03 Å². The van der Waals surface area contributed by atoms with E-state index < -0.39 is 28.7 Å². The zero-order chi connectivity index (χ0) is 21.8. The largest absolute Gasteiger partial charge is 0.484 e. The molecule has 0 spiro atoms. The van der Waals surface area contributed by atoms with Crippen LogP contribution in [0, 0.1) is 10.1 Å². The van der Waals surface area contributed by atoms with E-state index in [1.54, 1.807) is 0 Å². The number of rotatable bonds is 6. The van der Waals surface area contributed by atoms with E-state index >= 15 is 0 Å². The summed E-state index contributed by atoms with van der Waals surface area (Å²) in [7, 11) is 0. The van der Waals surface area contributed by atoms with Gasteiger partial charge in [0.15, 0.2) is 6.61 Å². The van der Waals surface area contributed by atoms with Gasteiger partial charge < -0.3 is 10.5 Å². The zero-order valence-corrected chi connectivity index (χ0v) is 15.2. The van der Waals surface area contributed by atoms with Crippen LogP contribution in [-0.4, -0.2) is 35.3 Å². The first-order valence-corrected chi connectivity index (χ1v) is 8.43. The highest BCUT2D eigenvalue weighted by molar-refractivity contribution is 6.39. The summed E-state index contributed by atoms with van der Waals surface area (Å²) in [5.74, 6) is -2.04. The molecule has 3 rings (SSSR count). The number of hydrogen-bond acceptors (Lipinski definition) is 7. The predicted octanol–water partition coefficient (Wildman–Crippen LogP) is 1.13. The number of carbonyl (C=O) groups excluding carboxylic acids is 4. The van der Waals surface area contributed by atoms with Crippen LogP contribution in [0.4, 0.5) is 16.2 Å². The molecule has 1 aliphatic rings. The smallest absolute Gasteiger partial charge is 0.335 e. The van der Waals surface area contributed by atoms with Gasteiger partial charge in [-0.3, -0.25) is 29.8 Å². The number of barbiturate groups is 1. The number of primary amides is 1. The third kappa shape index (κ3) is 4.30. The van der Waals surface area contributed by atoms with Gasteiger partial charge in [-0.1, -0.05) is 12.1 Å². The number of nitrogens with two attached hydrogens (primary N) is 1. The van der Waals surface area contributed by atoms with Crippen molar-refractivity contribution in [3.63, 3.8) is 0 Å². The van der Waals surface area contributed by atoms with Gasteiger partial charge in [-0.15, -0.1) is 0 Å². The Hall–Kier alpha value is -4.54. The number of anilines is 1. The fourth-order valence-electron chi connectivity index (χ4n) is 2.60. The molecule has 2 aromatic carbocycles. The molecule has 0 aliphatic carbocycles. The highest BCUT2D eigenvalue weighted by Gasteiger charge is 2.36. The number of nitro groups is 1. The van der Waals surface area contributed by atoms with Crippen LogP contribution in [0.15, 0.2) is 54.1 Å². The van der Waals surface area contributed by atoms with Crippen LogP contribution in [0.5, 0.6) is 5.75 Å². The van der Waals surface area contributed by atoms with E-state index in [1.165, 1.54) is 42.5 Å². The number of carbonyl (C=O) groups is 4. The van der Waals surface area contributed by atoms with Gasteiger partial charge in [0.1, 0.15) is 11.3 Å². The second-order valence-corrected chi connectivity index (χ2v) is 6.06. The van der Waals surface area contributed by atoms with Crippen LogP contribution >= 0.6 is 0 Å². The minimum Gasteiger partial charge on any atom is -0.484 e. The number of hydrogen-bond donors (Lipinski definition) is 2. The Kier molecular flexibility index (Phi) is 5.54. The molecule has 2 aromatic rings. The van der Waals surface area contributed by atoms with Crippen molar-refractivity contribution < 1.29 is 28.8 Å². The maximum Gasteiger partial charge on any atom is 0.335 e. The van der Waals surface area contributed by atoms with Gasteiger partial charge in [-0.25, -0.2) is 9.69 Å². The quantitative estimate of drug-likeness (QED) is 0.312. The summed E-state index contributed by atoms with van der Waals surface area (Å²) in [5, 5.41) is 12.8. The number of imide groups is 2. The lowest BCUT2D eigenvalue weighted by Gasteiger charge is -2.26. The Morgan fingerprint density at radius 3 is 2.30 bits per heavy atom. The SMILES string of the molecule is NC(=O)COc1ccc(/C=C2\C(=O)NC(=O)N(c3ccc([N+](=O)[O-])cc3)C2=O)cc1. The average molecular weight is 410 g/mol. The van der Waals surface area contributed by atoms with Crippen molar-refractivity contribution in [3.8, 4) is 5.75 Å². The van der Waals surface area contributed by atoms with E-state index in [1.807, 2.05) is 0 Å². The molecule has 0 saturated carbocycles. The maximum absolute atomic E-state index is 12.8. The van der Waals surface area contributed by atoms with Crippen LogP contribution in [0.25, 0.3) is 6.08 Å². The summed E-state index contributed by atoms with van der Waals surface area (Å²) < 4.78 is 5.13. The van der Waals surface area contributed by atoms with E-state index in [0.717, 1.165) is 12.1 Å². The van der Waals surface area contributed by atoms with Crippen LogP contribution in [0.1, 0.15) is 5.56 Å². The Balaban J connectivity index is 1.86. The molecule has 0 aromatic heterocycles. The van der Waals surface area contributed by atoms with Gasteiger partial charge in [0.2, 0.25) is 0 Å². The molecule has 152 valence electrons. The number of non-ortho nitro benzene ring substituents is 1. The van der Waals surface area contributed by atoms with E-state index in [2.05, 4.69) is 5.32 Å². The summed E-state index contributed by atoms with van der Waals surface area (Å²) in [6.45, 7) is -0.298. The second kappa shape index (κ2) is 8.22. The minimum atomic E-state index is -0.966. The number of amides is 5. The predicted molar refractivity (Wildman–Crippen MR) is 103 cm³/mol. The van der Waals surface area contributed by atoms with Gasteiger partial charge in [0, 0.05) is 12.1 Å². The molecule has 1 heterocycles. The maximum atomic E-state index is 12.8. The Morgan fingerprint density at radius 1 is 1.10 bits per heavy atom. The van der Waals surface area contributed by atoms with Crippen LogP contribution in [-0.2, 0) is 14.4 Å². The monoisotopic (exact) mass is 410 g/mol. The highest BCUT2D eigenvalue weighted by atomic mass is 16.6. The standard InChI is InChI=1S/C19H14N4O7/c20-16(24)10-30-14-7-1-11(2-8-14)9-15-17(25)21-19(27)22(18(15)26)12-3-5-13(6-4-12)23(28)29/h1-9H,10H2,(H2,20,24)(H,21,25,27)/b15-9+. The summed E-state index contributed by atoms with van der Waals surface area (Å²) in [4.78, 5) is 58.7. The molecule has 1 saturated heterocycles. The molecule has 1 aliphatic heterocycles. The number of ether oxygens (including phenoxy) is 1. The van der Waals surface area contributed by atoms with Crippen molar-refractivity contribution in [1.82, 2.24) is 5.32 Å². The molecule has 30 heavy (non-hydrogen) atoms. The molecule has 11 nitrogen and oxygen atoms in total. The van der Waals surface area contributed by atoms with Gasteiger partial charge in [-0.05, 0) is 35.9 Å². The van der Waals surface area contributed by atoms with Gasteiger partial charge in [0.05, 0.1) is 10.6 Å². The van der Waals surface area contributed by atoms with Crippen molar-refractivity contribution in [3.05, 3.63) is 69.8 Å². The molecular weight excluding hydrogens is 396 g/mol. The number of benzene rings is 2. The molecule has 0 unspecified atom stereocenters. The zero-order valence-electron chi connectivity index (χ0n) is 15.2. The lowest BCUT2D eigenvalue weighted by Crippen LogP contribution is -2.54. The number of nitrogens with zero attached hydrogens (tertiary/aromatic N) is 2. The minimum absolute atomic E-state index is 0.0664. The Bertz CT molecular complexity index is 1080. The molecule has 0 atom stereocenters. The summed E-state index contributed by atoms with van der Waals surface area (Å²) in [5.41, 5.74) is 5.00. The topological polar surface area (TPSA) is 162 Å². The van der Waals surface area contributed by atoms with Gasteiger partial charge in [-0.2, -0.15) is 0 Å². The lowest BCUT2D eigenvalue weighted by atomic mass is 10.1. The van der Waals surface area contributed by atoms with E-state index in [9.17, 15) is 29.3 Å². The van der Waals surface area contributed by atoms with Gasteiger partial charge in [0.25, 0.3) is 23.4 Å². The highest BCUT2D eigenvalue weighted by Crippen LogP contribution is 2.24. The van der Waals surface area contributed by atoms with Crippen LogP contribution in [0.3, 0.4) is 0 Å². The molecule has 0 bridgehead atoms. The number of nitro benzene ring substituents is 1. The fourth-order valence-corrected chi connectivity index (χ4v) is 2.60. The molecule has 0 radical (unpaired) electrons. The van der Waals surface area contributed by atoms with Crippen molar-refractivity contribution in [1.29, 1.82) is 0 Å². The number of urea groups is 1. The van der Waals surface area contributed by atoms with E-state index in [-0.39, 0.29) is 23.6 Å². The van der Waals surface area contributed by atoms with Crippen LogP contribution in [0.2, 0.25) is 0 Å². The first-order chi connectivity index (χ1) is 14.3. The number of nitrogens with one attached hydrogen (secondary N) is 1. The first kappa shape index (κ1) is 20.2. The summed E-state index contributed by atoms with van der Waals surface area (Å²) in [6.07, 6.45) is 1.28. The summed E-state index contributed by atoms with van der Waals surface area (Å²) in [6, 6.07) is 9.88. The molecule has 11 heteroatoms. The first-order valence-electron chi connectivity index (χ1n) is 8.43. The third-order valence-electron chi connectivity index (χ3n) is 3.99. The third-order valence-corrected chi connectivity index (χ3v) is 3.99.